The van der Waals surface area contributed by atoms with Gasteiger partial charge in [-0.1, -0.05) is 12.1 Å². The lowest BCUT2D eigenvalue weighted by Crippen LogP contribution is -2.32. The molecule has 1 unspecified atom stereocenters. The standard InChI is InChI=1S/C20H26N2O4/c1-4-25-18-11-10-16(12-15(18)13-23)21-14(3)20(24)22-17-8-6-7-9-19(17)26-5-2/h6-12,14,21,23H,4-5,13H2,1-3H3,(H,22,24). The summed E-state index contributed by atoms with van der Waals surface area (Å²) in [5, 5.41) is 15.5. The summed E-state index contributed by atoms with van der Waals surface area (Å²) in [6.07, 6.45) is 0. The number of ether oxygens (including phenoxy) is 2. The molecule has 0 spiro atoms. The SMILES string of the molecule is CCOc1ccc(NC(C)C(=O)Nc2ccccc2OCC)cc1CO. The Bertz CT molecular complexity index is 734. The number of benzene rings is 2. The Morgan fingerprint density at radius 2 is 1.77 bits per heavy atom. The molecular weight excluding hydrogens is 332 g/mol. The average Bonchev–Trinajstić information content (AvgIpc) is 2.64. The van der Waals surface area contributed by atoms with E-state index >= 15 is 0 Å². The quantitative estimate of drug-likeness (QED) is 0.640. The number of carbonyl (C=O) groups excluding carboxylic acids is 1. The molecule has 2 aromatic carbocycles. The summed E-state index contributed by atoms with van der Waals surface area (Å²) in [6.45, 7) is 6.47. The Hall–Kier alpha value is -2.73. The summed E-state index contributed by atoms with van der Waals surface area (Å²) in [4.78, 5) is 12.5. The lowest BCUT2D eigenvalue weighted by molar-refractivity contribution is -0.116. The highest BCUT2D eigenvalue weighted by Gasteiger charge is 2.15. The average molecular weight is 358 g/mol. The number of hydrogen-bond donors (Lipinski definition) is 3. The highest BCUT2D eigenvalue weighted by Crippen LogP contribution is 2.25. The topological polar surface area (TPSA) is 79.8 Å². The molecule has 6 heteroatoms. The van der Waals surface area contributed by atoms with E-state index in [1.54, 1.807) is 25.1 Å². The summed E-state index contributed by atoms with van der Waals surface area (Å²) in [7, 11) is 0. The number of hydrogen-bond acceptors (Lipinski definition) is 5. The number of amides is 1. The lowest BCUT2D eigenvalue weighted by atomic mass is 10.1. The van der Waals surface area contributed by atoms with Gasteiger partial charge in [-0.15, -0.1) is 0 Å². The Morgan fingerprint density at radius 3 is 2.46 bits per heavy atom. The molecule has 0 aromatic heterocycles. The molecule has 26 heavy (non-hydrogen) atoms. The normalized spacial score (nSPS) is 11.5. The lowest BCUT2D eigenvalue weighted by Gasteiger charge is -2.18. The number of carbonyl (C=O) groups is 1. The third-order valence-electron chi connectivity index (χ3n) is 3.75. The number of para-hydroxylation sites is 2. The number of aliphatic hydroxyl groups is 1. The first-order valence-electron chi connectivity index (χ1n) is 8.74. The zero-order valence-corrected chi connectivity index (χ0v) is 15.4. The van der Waals surface area contributed by atoms with Crippen LogP contribution in [0.2, 0.25) is 0 Å². The Morgan fingerprint density at radius 1 is 1.08 bits per heavy atom. The van der Waals surface area contributed by atoms with Crippen molar-refractivity contribution in [1.82, 2.24) is 0 Å². The van der Waals surface area contributed by atoms with E-state index in [1.807, 2.05) is 38.1 Å². The van der Waals surface area contributed by atoms with Crippen LogP contribution in [-0.4, -0.2) is 30.3 Å². The maximum atomic E-state index is 12.5. The van der Waals surface area contributed by atoms with E-state index in [0.29, 0.717) is 36.0 Å². The van der Waals surface area contributed by atoms with Crippen LogP contribution in [0.1, 0.15) is 26.3 Å². The van der Waals surface area contributed by atoms with Crippen molar-refractivity contribution in [1.29, 1.82) is 0 Å². The number of anilines is 2. The fourth-order valence-corrected chi connectivity index (χ4v) is 2.50. The Balaban J connectivity index is 2.05. The summed E-state index contributed by atoms with van der Waals surface area (Å²) in [5.74, 6) is 1.10. The third-order valence-corrected chi connectivity index (χ3v) is 3.75. The second-order valence-electron chi connectivity index (χ2n) is 5.70. The highest BCUT2D eigenvalue weighted by atomic mass is 16.5. The van der Waals surface area contributed by atoms with Crippen molar-refractivity contribution in [2.45, 2.75) is 33.4 Å². The molecule has 3 N–H and O–H groups in total. The van der Waals surface area contributed by atoms with Gasteiger partial charge < -0.3 is 25.2 Å². The summed E-state index contributed by atoms with van der Waals surface area (Å²) < 4.78 is 11.0. The van der Waals surface area contributed by atoms with E-state index in [4.69, 9.17) is 9.47 Å². The maximum Gasteiger partial charge on any atom is 0.246 e. The van der Waals surface area contributed by atoms with Crippen LogP contribution in [0.3, 0.4) is 0 Å². The summed E-state index contributed by atoms with van der Waals surface area (Å²) in [5.41, 5.74) is 2.04. The van der Waals surface area contributed by atoms with Crippen LogP contribution in [0.4, 0.5) is 11.4 Å². The maximum absolute atomic E-state index is 12.5. The van der Waals surface area contributed by atoms with Gasteiger partial charge in [-0.05, 0) is 51.1 Å². The van der Waals surface area contributed by atoms with Crippen LogP contribution in [0.5, 0.6) is 11.5 Å². The third kappa shape index (κ3) is 5.13. The molecular formula is C20H26N2O4. The van der Waals surface area contributed by atoms with Gasteiger partial charge in [0.15, 0.2) is 0 Å². The van der Waals surface area contributed by atoms with Gasteiger partial charge in [0.05, 0.1) is 25.5 Å². The fourth-order valence-electron chi connectivity index (χ4n) is 2.50. The molecule has 0 radical (unpaired) electrons. The number of nitrogens with one attached hydrogen (secondary N) is 2. The van der Waals surface area contributed by atoms with Crippen LogP contribution in [-0.2, 0) is 11.4 Å². The minimum Gasteiger partial charge on any atom is -0.494 e. The van der Waals surface area contributed by atoms with Crippen LogP contribution in [0.25, 0.3) is 0 Å². The van der Waals surface area contributed by atoms with Crippen molar-refractivity contribution in [2.24, 2.45) is 0 Å². The monoisotopic (exact) mass is 358 g/mol. The molecule has 0 saturated carbocycles. The predicted molar refractivity (Wildman–Crippen MR) is 103 cm³/mol. The molecule has 1 atom stereocenters. The minimum atomic E-state index is -0.478. The summed E-state index contributed by atoms with van der Waals surface area (Å²) in [6, 6.07) is 12.2. The van der Waals surface area contributed by atoms with Gasteiger partial charge in [-0.3, -0.25) is 4.79 Å². The molecule has 0 aliphatic rings. The molecule has 0 fully saturated rings. The van der Waals surface area contributed by atoms with Crippen molar-refractivity contribution in [3.63, 3.8) is 0 Å². The first kappa shape index (κ1) is 19.6. The van der Waals surface area contributed by atoms with Gasteiger partial charge in [0.2, 0.25) is 5.91 Å². The molecule has 0 aliphatic heterocycles. The van der Waals surface area contributed by atoms with E-state index in [2.05, 4.69) is 10.6 Å². The minimum absolute atomic E-state index is 0.132. The second kappa shape index (κ2) is 9.68. The van der Waals surface area contributed by atoms with E-state index < -0.39 is 6.04 Å². The Kier molecular flexibility index (Phi) is 7.29. The molecule has 2 rings (SSSR count). The van der Waals surface area contributed by atoms with Crippen LogP contribution in [0, 0.1) is 0 Å². The molecule has 2 aromatic rings. The van der Waals surface area contributed by atoms with Crippen molar-refractivity contribution < 1.29 is 19.4 Å². The predicted octanol–water partition coefficient (Wildman–Crippen LogP) is 3.42. The largest absolute Gasteiger partial charge is 0.494 e. The van der Waals surface area contributed by atoms with E-state index in [-0.39, 0.29) is 12.5 Å². The zero-order chi connectivity index (χ0) is 18.9. The van der Waals surface area contributed by atoms with E-state index in [9.17, 15) is 9.90 Å². The molecule has 140 valence electrons. The van der Waals surface area contributed by atoms with Crippen molar-refractivity contribution in [3.05, 3.63) is 48.0 Å². The fraction of sp³-hybridized carbons (Fsp3) is 0.350. The van der Waals surface area contributed by atoms with Gasteiger partial charge in [0, 0.05) is 11.3 Å². The number of aliphatic hydroxyl groups excluding tert-OH is 1. The van der Waals surface area contributed by atoms with E-state index in [1.165, 1.54) is 0 Å². The van der Waals surface area contributed by atoms with Gasteiger partial charge in [0.1, 0.15) is 17.5 Å². The molecule has 1 amide bonds. The first-order chi connectivity index (χ1) is 12.6. The molecule has 0 heterocycles. The molecule has 0 bridgehead atoms. The summed E-state index contributed by atoms with van der Waals surface area (Å²) >= 11 is 0. The van der Waals surface area contributed by atoms with Gasteiger partial charge >= 0.3 is 0 Å². The van der Waals surface area contributed by atoms with Crippen molar-refractivity contribution >= 4 is 17.3 Å². The van der Waals surface area contributed by atoms with Crippen LogP contribution in [0.15, 0.2) is 42.5 Å². The van der Waals surface area contributed by atoms with Gasteiger partial charge in [0.25, 0.3) is 0 Å². The zero-order valence-electron chi connectivity index (χ0n) is 15.4. The second-order valence-corrected chi connectivity index (χ2v) is 5.70. The molecule has 0 aliphatic carbocycles. The van der Waals surface area contributed by atoms with Crippen molar-refractivity contribution in [2.75, 3.05) is 23.8 Å². The van der Waals surface area contributed by atoms with Gasteiger partial charge in [-0.25, -0.2) is 0 Å². The van der Waals surface area contributed by atoms with Crippen LogP contribution >= 0.6 is 0 Å². The number of rotatable bonds is 9. The van der Waals surface area contributed by atoms with Crippen LogP contribution < -0.4 is 20.1 Å². The Labute approximate surface area is 154 Å². The smallest absolute Gasteiger partial charge is 0.246 e. The van der Waals surface area contributed by atoms with Gasteiger partial charge in [-0.2, -0.15) is 0 Å². The molecule has 0 saturated heterocycles. The van der Waals surface area contributed by atoms with Crippen molar-refractivity contribution in [3.8, 4) is 11.5 Å². The highest BCUT2D eigenvalue weighted by molar-refractivity contribution is 5.97. The first-order valence-corrected chi connectivity index (χ1v) is 8.74. The molecule has 6 nitrogen and oxygen atoms in total. The van der Waals surface area contributed by atoms with E-state index in [0.717, 1.165) is 5.69 Å².